The number of nitrogens with one attached hydrogen (secondary N) is 3. The number of benzene rings is 1. The van der Waals surface area contributed by atoms with Gasteiger partial charge in [-0.05, 0) is 25.1 Å². The summed E-state index contributed by atoms with van der Waals surface area (Å²) in [6.45, 7) is 1.87. The summed E-state index contributed by atoms with van der Waals surface area (Å²) in [6, 6.07) is 4.55. The summed E-state index contributed by atoms with van der Waals surface area (Å²) in [5, 5.41) is 2.86. The smallest absolute Gasteiger partial charge is 0.314 e. The lowest BCUT2D eigenvalue weighted by Crippen LogP contribution is -2.34. The molecule has 1 aromatic carbocycles. The highest BCUT2D eigenvalue weighted by Crippen LogP contribution is 2.09. The highest BCUT2D eigenvalue weighted by atomic mass is 16.2. The maximum Gasteiger partial charge on any atom is 0.314 e. The van der Waals surface area contributed by atoms with Crippen LogP contribution in [0.2, 0.25) is 0 Å². The largest absolute Gasteiger partial charge is 0.349 e. The average Bonchev–Trinajstić information content (AvgIpc) is 2.56. The zero-order chi connectivity index (χ0) is 17.1. The van der Waals surface area contributed by atoms with E-state index in [2.05, 4.69) is 25.3 Å². The Kier molecular flexibility index (Phi) is 4.19. The van der Waals surface area contributed by atoms with Gasteiger partial charge in [-0.3, -0.25) is 24.4 Å². The van der Waals surface area contributed by atoms with E-state index in [1.54, 1.807) is 30.7 Å². The van der Waals surface area contributed by atoms with E-state index in [0.717, 1.165) is 5.69 Å². The molecule has 1 atom stereocenters. The van der Waals surface area contributed by atoms with E-state index in [1.165, 1.54) is 6.07 Å². The molecule has 0 aliphatic rings. The molecular weight excluding hydrogens is 310 g/mol. The fraction of sp³-hybridized carbons (Fsp3) is 0.188. The summed E-state index contributed by atoms with van der Waals surface area (Å²) < 4.78 is 0. The van der Waals surface area contributed by atoms with Crippen molar-refractivity contribution < 1.29 is 4.79 Å². The lowest BCUT2D eigenvalue weighted by Gasteiger charge is -2.13. The molecule has 8 heteroatoms. The van der Waals surface area contributed by atoms with Gasteiger partial charge in [-0.2, -0.15) is 0 Å². The molecule has 2 aromatic heterocycles. The Morgan fingerprint density at radius 2 is 1.92 bits per heavy atom. The molecule has 0 aliphatic heterocycles. The second-order valence-electron chi connectivity index (χ2n) is 5.44. The maximum atomic E-state index is 12.3. The van der Waals surface area contributed by atoms with Crippen LogP contribution in [0.3, 0.4) is 0 Å². The molecule has 122 valence electrons. The highest BCUT2D eigenvalue weighted by Gasteiger charge is 2.12. The van der Waals surface area contributed by atoms with Crippen molar-refractivity contribution >= 4 is 16.9 Å². The minimum Gasteiger partial charge on any atom is -0.349 e. The monoisotopic (exact) mass is 325 g/mol. The third-order valence-electron chi connectivity index (χ3n) is 3.49. The van der Waals surface area contributed by atoms with Gasteiger partial charge >= 0.3 is 11.1 Å². The molecule has 24 heavy (non-hydrogen) atoms. The lowest BCUT2D eigenvalue weighted by molar-refractivity contribution is 0.0940. The first-order valence-corrected chi connectivity index (χ1v) is 7.35. The molecule has 0 spiro atoms. The van der Waals surface area contributed by atoms with Crippen LogP contribution in [0.5, 0.6) is 0 Å². The van der Waals surface area contributed by atoms with Crippen molar-refractivity contribution in [2.24, 2.45) is 0 Å². The van der Waals surface area contributed by atoms with E-state index in [1.807, 2.05) is 6.92 Å². The van der Waals surface area contributed by atoms with Crippen LogP contribution >= 0.6 is 0 Å². The molecule has 1 amide bonds. The van der Waals surface area contributed by atoms with Crippen LogP contribution in [0.25, 0.3) is 11.0 Å². The summed E-state index contributed by atoms with van der Waals surface area (Å²) in [6.07, 6.45) is 5.40. The van der Waals surface area contributed by atoms with E-state index in [0.29, 0.717) is 23.0 Å². The lowest BCUT2D eigenvalue weighted by atomic mass is 10.1. The molecule has 2 heterocycles. The van der Waals surface area contributed by atoms with Crippen LogP contribution in [-0.2, 0) is 6.42 Å². The van der Waals surface area contributed by atoms with Gasteiger partial charge in [0.05, 0.1) is 16.7 Å². The Morgan fingerprint density at radius 1 is 1.17 bits per heavy atom. The molecule has 0 bridgehead atoms. The van der Waals surface area contributed by atoms with Gasteiger partial charge in [-0.1, -0.05) is 0 Å². The number of hydrogen-bond donors (Lipinski definition) is 3. The van der Waals surface area contributed by atoms with Gasteiger partial charge in [-0.25, -0.2) is 0 Å². The summed E-state index contributed by atoms with van der Waals surface area (Å²) in [4.78, 5) is 48.1. The highest BCUT2D eigenvalue weighted by molar-refractivity contribution is 5.97. The number of amides is 1. The maximum absolute atomic E-state index is 12.3. The van der Waals surface area contributed by atoms with E-state index in [-0.39, 0.29) is 11.9 Å². The molecule has 0 unspecified atom stereocenters. The van der Waals surface area contributed by atoms with Crippen molar-refractivity contribution in [1.29, 1.82) is 0 Å². The normalized spacial score (nSPS) is 12.0. The van der Waals surface area contributed by atoms with Gasteiger partial charge in [-0.15, -0.1) is 0 Å². The average molecular weight is 325 g/mol. The molecular formula is C16H15N5O3. The molecule has 8 nitrogen and oxygen atoms in total. The van der Waals surface area contributed by atoms with Gasteiger partial charge < -0.3 is 15.3 Å². The minimum atomic E-state index is -0.754. The Morgan fingerprint density at radius 3 is 2.62 bits per heavy atom. The topological polar surface area (TPSA) is 121 Å². The SMILES string of the molecule is C[C@H](Cc1cnccn1)NC(=O)c1ccc2[nH]c(=O)c(=O)[nH]c2c1. The van der Waals surface area contributed by atoms with Crippen LogP contribution in [0.4, 0.5) is 0 Å². The van der Waals surface area contributed by atoms with Gasteiger partial charge in [0.25, 0.3) is 5.91 Å². The van der Waals surface area contributed by atoms with Crippen molar-refractivity contribution in [3.8, 4) is 0 Å². The Hall–Kier alpha value is -3.29. The van der Waals surface area contributed by atoms with Gasteiger partial charge in [0, 0.05) is 36.6 Å². The molecule has 3 aromatic rings. The number of nitrogens with zero attached hydrogens (tertiary/aromatic N) is 2. The first-order chi connectivity index (χ1) is 11.5. The Balaban J connectivity index is 1.77. The zero-order valence-electron chi connectivity index (χ0n) is 12.9. The van der Waals surface area contributed by atoms with Crippen molar-refractivity contribution in [3.05, 3.63) is 68.8 Å². The molecule has 0 saturated carbocycles. The summed E-state index contributed by atoms with van der Waals surface area (Å²) in [5.41, 5.74) is 0.549. The van der Waals surface area contributed by atoms with Crippen molar-refractivity contribution in [2.45, 2.75) is 19.4 Å². The van der Waals surface area contributed by atoms with Crippen LogP contribution in [0, 0.1) is 0 Å². The summed E-state index contributed by atoms with van der Waals surface area (Å²) in [7, 11) is 0. The van der Waals surface area contributed by atoms with Crippen LogP contribution in [0.1, 0.15) is 23.0 Å². The third-order valence-corrected chi connectivity index (χ3v) is 3.49. The number of fused-ring (bicyclic) bond motifs is 1. The van der Waals surface area contributed by atoms with E-state index in [4.69, 9.17) is 0 Å². The van der Waals surface area contributed by atoms with E-state index in [9.17, 15) is 14.4 Å². The quantitative estimate of drug-likeness (QED) is 0.598. The predicted molar refractivity (Wildman–Crippen MR) is 87.9 cm³/mol. The second kappa shape index (κ2) is 6.45. The molecule has 0 radical (unpaired) electrons. The molecule has 3 rings (SSSR count). The molecule has 0 fully saturated rings. The number of aromatic nitrogens is 4. The van der Waals surface area contributed by atoms with Gasteiger partial charge in [0.15, 0.2) is 0 Å². The third kappa shape index (κ3) is 3.37. The summed E-state index contributed by atoms with van der Waals surface area (Å²) in [5.74, 6) is -0.277. The Bertz CT molecular complexity index is 994. The fourth-order valence-corrected chi connectivity index (χ4v) is 2.36. The number of rotatable bonds is 4. The standard InChI is InChI=1S/C16H15N5O3/c1-9(6-11-8-17-4-5-18-11)19-14(22)10-2-3-12-13(7-10)21-16(24)15(23)20-12/h2-5,7-9H,6H2,1H3,(H,19,22)(H,20,23)(H,21,24)/t9-/m1/s1. The van der Waals surface area contributed by atoms with Crippen molar-refractivity contribution in [2.75, 3.05) is 0 Å². The Labute approximate surface area is 136 Å². The van der Waals surface area contributed by atoms with Gasteiger partial charge in [0.2, 0.25) is 0 Å². The fourth-order valence-electron chi connectivity index (χ4n) is 2.36. The number of H-pyrrole nitrogens is 2. The van der Waals surface area contributed by atoms with Crippen LogP contribution < -0.4 is 16.4 Å². The van der Waals surface area contributed by atoms with Crippen LogP contribution in [0.15, 0.2) is 46.4 Å². The number of hydrogen-bond acceptors (Lipinski definition) is 5. The summed E-state index contributed by atoms with van der Waals surface area (Å²) >= 11 is 0. The number of carbonyl (C=O) groups excluding carboxylic acids is 1. The van der Waals surface area contributed by atoms with Gasteiger partial charge in [0.1, 0.15) is 0 Å². The first-order valence-electron chi connectivity index (χ1n) is 7.35. The molecule has 0 aliphatic carbocycles. The van der Waals surface area contributed by atoms with Crippen molar-refractivity contribution in [1.82, 2.24) is 25.3 Å². The predicted octanol–water partition coefficient (Wildman–Crippen LogP) is 0.367. The number of aromatic amines is 2. The second-order valence-corrected chi connectivity index (χ2v) is 5.44. The minimum absolute atomic E-state index is 0.139. The van der Waals surface area contributed by atoms with E-state index < -0.39 is 11.1 Å². The molecule has 3 N–H and O–H groups in total. The van der Waals surface area contributed by atoms with Crippen molar-refractivity contribution in [3.63, 3.8) is 0 Å². The zero-order valence-corrected chi connectivity index (χ0v) is 12.9. The first kappa shape index (κ1) is 15.6. The number of carbonyl (C=O) groups is 1. The molecule has 0 saturated heterocycles. The van der Waals surface area contributed by atoms with E-state index >= 15 is 0 Å². The van der Waals surface area contributed by atoms with Crippen LogP contribution in [-0.4, -0.2) is 31.9 Å².